The van der Waals surface area contributed by atoms with Gasteiger partial charge < -0.3 is 15.1 Å². The van der Waals surface area contributed by atoms with Crippen LogP contribution in [0.25, 0.3) is 0 Å². The molecule has 1 aliphatic rings. The molecule has 1 atom stereocenters. The van der Waals surface area contributed by atoms with Gasteiger partial charge in [-0.25, -0.2) is 9.97 Å². The molecule has 5 heteroatoms. The van der Waals surface area contributed by atoms with Crippen molar-refractivity contribution in [2.75, 3.05) is 43.9 Å². The number of nitrogens with one attached hydrogen (secondary N) is 1. The second-order valence-corrected chi connectivity index (χ2v) is 5.66. The molecule has 1 aromatic heterocycles. The number of likely N-dealkylation sites (N-methyl/N-ethyl adjacent to an activating group) is 1. The van der Waals surface area contributed by atoms with Crippen LogP contribution in [0.15, 0.2) is 6.07 Å². The number of hydrogen-bond acceptors (Lipinski definition) is 5. The molecule has 2 heterocycles. The van der Waals surface area contributed by atoms with E-state index >= 15 is 0 Å². The predicted octanol–water partition coefficient (Wildman–Crippen LogP) is 2.00. The van der Waals surface area contributed by atoms with Gasteiger partial charge in [0.2, 0.25) is 0 Å². The fourth-order valence-electron chi connectivity index (χ4n) is 2.81. The molecule has 1 fully saturated rings. The third-order valence-corrected chi connectivity index (χ3v) is 3.68. The molecule has 20 heavy (non-hydrogen) atoms. The average Bonchev–Trinajstić information content (AvgIpc) is 2.86. The van der Waals surface area contributed by atoms with Crippen molar-refractivity contribution in [3.63, 3.8) is 0 Å². The van der Waals surface area contributed by atoms with Gasteiger partial charge in [-0.2, -0.15) is 0 Å². The third kappa shape index (κ3) is 3.60. The highest BCUT2D eigenvalue weighted by atomic mass is 15.3. The van der Waals surface area contributed by atoms with Gasteiger partial charge in [-0.05, 0) is 33.9 Å². The first-order valence-electron chi connectivity index (χ1n) is 7.67. The largest absolute Gasteiger partial charge is 0.370 e. The molecule has 1 unspecified atom stereocenters. The summed E-state index contributed by atoms with van der Waals surface area (Å²) in [6.07, 6.45) is 3.37. The van der Waals surface area contributed by atoms with Crippen molar-refractivity contribution < 1.29 is 0 Å². The van der Waals surface area contributed by atoms with E-state index in [1.165, 1.54) is 12.8 Å². The first-order chi connectivity index (χ1) is 9.63. The van der Waals surface area contributed by atoms with E-state index in [1.54, 1.807) is 0 Å². The first-order valence-corrected chi connectivity index (χ1v) is 7.67. The second kappa shape index (κ2) is 6.88. The molecule has 0 radical (unpaired) electrons. The minimum atomic E-state index is 0.569. The lowest BCUT2D eigenvalue weighted by Gasteiger charge is -2.28. The number of hydrogen-bond donors (Lipinski definition) is 1. The van der Waals surface area contributed by atoms with E-state index < -0.39 is 0 Å². The summed E-state index contributed by atoms with van der Waals surface area (Å²) in [7, 11) is 4.27. The van der Waals surface area contributed by atoms with E-state index in [4.69, 9.17) is 4.98 Å². The molecule has 1 N–H and O–H groups in total. The van der Waals surface area contributed by atoms with Crippen LogP contribution < -0.4 is 10.2 Å². The molecule has 0 amide bonds. The molecule has 2 rings (SSSR count). The minimum Gasteiger partial charge on any atom is -0.370 e. The molecule has 0 bridgehead atoms. The van der Waals surface area contributed by atoms with Crippen molar-refractivity contribution in [1.82, 2.24) is 14.9 Å². The maximum Gasteiger partial charge on any atom is 0.134 e. The van der Waals surface area contributed by atoms with Crippen LogP contribution in [0.3, 0.4) is 0 Å². The third-order valence-electron chi connectivity index (χ3n) is 3.68. The fourth-order valence-corrected chi connectivity index (χ4v) is 2.81. The molecule has 0 aromatic carbocycles. The van der Waals surface area contributed by atoms with Crippen molar-refractivity contribution in [2.45, 2.75) is 39.2 Å². The van der Waals surface area contributed by atoms with Crippen molar-refractivity contribution in [3.8, 4) is 0 Å². The highest BCUT2D eigenvalue weighted by Gasteiger charge is 2.26. The highest BCUT2D eigenvalue weighted by molar-refractivity contribution is 5.51. The first kappa shape index (κ1) is 15.0. The molecular weight excluding hydrogens is 250 g/mol. The van der Waals surface area contributed by atoms with Crippen LogP contribution in [0.1, 0.15) is 32.5 Å². The molecule has 0 spiro atoms. The SMILES string of the molecule is CCNc1cc(N2CCCC2CN(C)C)nc(CC)n1. The number of rotatable bonds is 6. The predicted molar refractivity (Wildman–Crippen MR) is 84.5 cm³/mol. The van der Waals surface area contributed by atoms with Gasteiger partial charge in [0, 0.05) is 38.2 Å². The number of aryl methyl sites for hydroxylation is 1. The summed E-state index contributed by atoms with van der Waals surface area (Å²) in [5, 5.41) is 3.31. The summed E-state index contributed by atoms with van der Waals surface area (Å²) in [4.78, 5) is 14.0. The summed E-state index contributed by atoms with van der Waals surface area (Å²) in [5.41, 5.74) is 0. The second-order valence-electron chi connectivity index (χ2n) is 5.66. The molecule has 5 nitrogen and oxygen atoms in total. The molecule has 112 valence electrons. The monoisotopic (exact) mass is 277 g/mol. The van der Waals surface area contributed by atoms with E-state index in [9.17, 15) is 0 Å². The Morgan fingerprint density at radius 3 is 2.80 bits per heavy atom. The quantitative estimate of drug-likeness (QED) is 0.861. The Morgan fingerprint density at radius 2 is 2.15 bits per heavy atom. The van der Waals surface area contributed by atoms with Gasteiger partial charge in [-0.1, -0.05) is 6.92 Å². The van der Waals surface area contributed by atoms with Crippen LogP contribution in [0.5, 0.6) is 0 Å². The van der Waals surface area contributed by atoms with Gasteiger partial charge >= 0.3 is 0 Å². The molecule has 1 aliphatic heterocycles. The summed E-state index contributed by atoms with van der Waals surface area (Å²) in [6.45, 7) is 7.28. The van der Waals surface area contributed by atoms with E-state index in [0.717, 1.165) is 43.5 Å². The summed E-state index contributed by atoms with van der Waals surface area (Å²) < 4.78 is 0. The highest BCUT2D eigenvalue weighted by Crippen LogP contribution is 2.26. The number of aromatic nitrogens is 2. The van der Waals surface area contributed by atoms with Crippen LogP contribution in [-0.4, -0.2) is 54.6 Å². The van der Waals surface area contributed by atoms with Crippen LogP contribution in [0.4, 0.5) is 11.6 Å². The topological polar surface area (TPSA) is 44.3 Å². The maximum atomic E-state index is 4.73. The maximum absolute atomic E-state index is 4.73. The Labute approximate surface area is 122 Å². The smallest absolute Gasteiger partial charge is 0.134 e. The van der Waals surface area contributed by atoms with E-state index in [-0.39, 0.29) is 0 Å². The zero-order valence-corrected chi connectivity index (χ0v) is 13.2. The van der Waals surface area contributed by atoms with E-state index in [0.29, 0.717) is 6.04 Å². The summed E-state index contributed by atoms with van der Waals surface area (Å²) in [5.74, 6) is 2.95. The van der Waals surface area contributed by atoms with E-state index in [2.05, 4.69) is 54.1 Å². The lowest BCUT2D eigenvalue weighted by Crippen LogP contribution is -2.38. The molecule has 0 saturated carbocycles. The summed E-state index contributed by atoms with van der Waals surface area (Å²) >= 11 is 0. The fraction of sp³-hybridized carbons (Fsp3) is 0.733. The Hall–Kier alpha value is -1.36. The lowest BCUT2D eigenvalue weighted by atomic mass is 10.2. The van der Waals surface area contributed by atoms with Gasteiger partial charge in [0.05, 0.1) is 0 Å². The zero-order valence-electron chi connectivity index (χ0n) is 13.2. The van der Waals surface area contributed by atoms with Gasteiger partial charge in [-0.15, -0.1) is 0 Å². The average molecular weight is 277 g/mol. The van der Waals surface area contributed by atoms with Gasteiger partial charge in [-0.3, -0.25) is 0 Å². The normalized spacial score (nSPS) is 18.9. The Morgan fingerprint density at radius 1 is 1.35 bits per heavy atom. The van der Waals surface area contributed by atoms with Gasteiger partial charge in [0.25, 0.3) is 0 Å². The van der Waals surface area contributed by atoms with Crippen LogP contribution >= 0.6 is 0 Å². The van der Waals surface area contributed by atoms with Crippen molar-refractivity contribution in [3.05, 3.63) is 11.9 Å². The van der Waals surface area contributed by atoms with Crippen LogP contribution in [-0.2, 0) is 6.42 Å². The summed E-state index contributed by atoms with van der Waals surface area (Å²) in [6, 6.07) is 2.66. The van der Waals surface area contributed by atoms with Gasteiger partial charge in [0.15, 0.2) is 0 Å². The molecule has 0 aliphatic carbocycles. The van der Waals surface area contributed by atoms with Crippen molar-refractivity contribution in [1.29, 1.82) is 0 Å². The van der Waals surface area contributed by atoms with E-state index in [1.807, 2.05) is 0 Å². The van der Waals surface area contributed by atoms with Crippen LogP contribution in [0.2, 0.25) is 0 Å². The zero-order chi connectivity index (χ0) is 14.5. The Balaban J connectivity index is 2.23. The van der Waals surface area contributed by atoms with Gasteiger partial charge in [0.1, 0.15) is 17.5 Å². The lowest BCUT2D eigenvalue weighted by molar-refractivity contribution is 0.371. The van der Waals surface area contributed by atoms with Crippen molar-refractivity contribution in [2.24, 2.45) is 0 Å². The Bertz CT molecular complexity index is 432. The minimum absolute atomic E-state index is 0.569. The molecular formula is C15H27N5. The van der Waals surface area contributed by atoms with Crippen molar-refractivity contribution >= 4 is 11.6 Å². The molecule has 1 aromatic rings. The standard InChI is InChI=1S/C15H27N5/c1-5-13-17-14(16-6-2)10-15(18-13)20-9-7-8-12(20)11-19(3)4/h10,12H,5-9,11H2,1-4H3,(H,16,17,18). The number of nitrogens with zero attached hydrogens (tertiary/aromatic N) is 4. The van der Waals surface area contributed by atoms with Crippen LogP contribution in [0, 0.1) is 0 Å². The molecule has 1 saturated heterocycles. The Kier molecular flexibility index (Phi) is 5.17. The number of anilines is 2.